The molecule has 2 saturated heterocycles. The third-order valence-electron chi connectivity index (χ3n) is 2.62. The van der Waals surface area contributed by atoms with Crippen molar-refractivity contribution < 1.29 is 14.2 Å². The van der Waals surface area contributed by atoms with E-state index in [0.717, 1.165) is 32.7 Å². The van der Waals surface area contributed by atoms with E-state index in [9.17, 15) is 0 Å². The molecule has 2 fully saturated rings. The fourth-order valence-electron chi connectivity index (χ4n) is 1.88. The summed E-state index contributed by atoms with van der Waals surface area (Å²) in [6, 6.07) is 0. The molecule has 2 aliphatic heterocycles. The molecule has 2 heterocycles. The standard InChI is InChI=1S/C10H18O3/c1-3-13-10(2,4-8-6-11-8)5-9-7-12-9/h8-9H,3-7H2,1-2H3. The fraction of sp³-hybridized carbons (Fsp3) is 1.00. The molecular formula is C10H18O3. The minimum Gasteiger partial charge on any atom is -0.375 e. The van der Waals surface area contributed by atoms with Gasteiger partial charge < -0.3 is 14.2 Å². The summed E-state index contributed by atoms with van der Waals surface area (Å²) in [7, 11) is 0. The van der Waals surface area contributed by atoms with Crippen LogP contribution in [0.25, 0.3) is 0 Å². The minimum atomic E-state index is -0.0307. The van der Waals surface area contributed by atoms with E-state index in [1.807, 2.05) is 6.92 Å². The monoisotopic (exact) mass is 186 g/mol. The molecule has 2 atom stereocenters. The highest BCUT2D eigenvalue weighted by Crippen LogP contribution is 2.33. The lowest BCUT2D eigenvalue weighted by Crippen LogP contribution is -2.32. The summed E-state index contributed by atoms with van der Waals surface area (Å²) in [6.45, 7) is 6.80. The molecule has 3 heteroatoms. The summed E-state index contributed by atoms with van der Waals surface area (Å²) in [5.74, 6) is 0. The van der Waals surface area contributed by atoms with Crippen molar-refractivity contribution in [3.8, 4) is 0 Å². The van der Waals surface area contributed by atoms with Crippen LogP contribution in [0, 0.1) is 0 Å². The molecule has 76 valence electrons. The highest BCUT2D eigenvalue weighted by atomic mass is 16.6. The van der Waals surface area contributed by atoms with Gasteiger partial charge in [0.05, 0.1) is 31.0 Å². The zero-order chi connectivity index (χ0) is 9.31. The summed E-state index contributed by atoms with van der Waals surface area (Å²) in [4.78, 5) is 0. The molecule has 3 nitrogen and oxygen atoms in total. The lowest BCUT2D eigenvalue weighted by atomic mass is 9.94. The molecule has 2 rings (SSSR count). The highest BCUT2D eigenvalue weighted by Gasteiger charge is 2.39. The molecule has 0 aromatic heterocycles. The minimum absolute atomic E-state index is 0.0307. The Labute approximate surface area is 79.4 Å². The van der Waals surface area contributed by atoms with Crippen LogP contribution >= 0.6 is 0 Å². The van der Waals surface area contributed by atoms with E-state index >= 15 is 0 Å². The van der Waals surface area contributed by atoms with E-state index in [4.69, 9.17) is 14.2 Å². The summed E-state index contributed by atoms with van der Waals surface area (Å²) in [6.07, 6.45) is 2.91. The normalized spacial score (nSPS) is 35.5. The molecular weight excluding hydrogens is 168 g/mol. The van der Waals surface area contributed by atoms with Gasteiger partial charge in [0.1, 0.15) is 0 Å². The Bertz CT molecular complexity index is 159. The third kappa shape index (κ3) is 2.93. The zero-order valence-corrected chi connectivity index (χ0v) is 8.41. The topological polar surface area (TPSA) is 34.3 Å². The number of hydrogen-bond donors (Lipinski definition) is 0. The first-order valence-corrected chi connectivity index (χ1v) is 5.09. The van der Waals surface area contributed by atoms with Crippen molar-refractivity contribution in [2.24, 2.45) is 0 Å². The van der Waals surface area contributed by atoms with Gasteiger partial charge >= 0.3 is 0 Å². The van der Waals surface area contributed by atoms with Crippen LogP contribution in [0.2, 0.25) is 0 Å². The molecule has 2 unspecified atom stereocenters. The number of rotatable bonds is 6. The van der Waals surface area contributed by atoms with E-state index in [1.54, 1.807) is 0 Å². The van der Waals surface area contributed by atoms with Crippen LogP contribution in [0.1, 0.15) is 26.7 Å². The largest absolute Gasteiger partial charge is 0.375 e. The smallest absolute Gasteiger partial charge is 0.0837 e. The van der Waals surface area contributed by atoms with Gasteiger partial charge in [-0.2, -0.15) is 0 Å². The van der Waals surface area contributed by atoms with Crippen LogP contribution in [0.4, 0.5) is 0 Å². The number of hydrogen-bond acceptors (Lipinski definition) is 3. The van der Waals surface area contributed by atoms with Crippen molar-refractivity contribution in [2.75, 3.05) is 19.8 Å². The molecule has 13 heavy (non-hydrogen) atoms. The summed E-state index contributed by atoms with van der Waals surface area (Å²) in [5, 5.41) is 0. The van der Waals surface area contributed by atoms with Crippen LogP contribution < -0.4 is 0 Å². The molecule has 0 aromatic rings. The lowest BCUT2D eigenvalue weighted by molar-refractivity contribution is -0.0455. The average molecular weight is 186 g/mol. The van der Waals surface area contributed by atoms with Crippen molar-refractivity contribution in [1.29, 1.82) is 0 Å². The van der Waals surface area contributed by atoms with E-state index in [0.29, 0.717) is 12.2 Å². The molecule has 0 bridgehead atoms. The number of epoxide rings is 2. The van der Waals surface area contributed by atoms with E-state index in [1.165, 1.54) is 0 Å². The Morgan fingerprint density at radius 1 is 1.23 bits per heavy atom. The van der Waals surface area contributed by atoms with Crippen LogP contribution in [0.15, 0.2) is 0 Å². The van der Waals surface area contributed by atoms with Crippen LogP contribution in [0.5, 0.6) is 0 Å². The second-order valence-corrected chi connectivity index (χ2v) is 4.20. The Morgan fingerprint density at radius 3 is 2.00 bits per heavy atom. The molecule has 0 aliphatic carbocycles. The first-order valence-electron chi connectivity index (χ1n) is 5.09. The van der Waals surface area contributed by atoms with E-state index < -0.39 is 0 Å². The molecule has 0 radical (unpaired) electrons. The SMILES string of the molecule is CCOC(C)(CC1CO1)CC1CO1. The molecule has 0 spiro atoms. The van der Waals surface area contributed by atoms with Gasteiger partial charge in [0.2, 0.25) is 0 Å². The van der Waals surface area contributed by atoms with Crippen molar-refractivity contribution >= 4 is 0 Å². The second kappa shape index (κ2) is 3.56. The van der Waals surface area contributed by atoms with Gasteiger partial charge in [0.25, 0.3) is 0 Å². The van der Waals surface area contributed by atoms with Crippen molar-refractivity contribution in [3.63, 3.8) is 0 Å². The molecule has 0 amide bonds. The van der Waals surface area contributed by atoms with Gasteiger partial charge in [-0.15, -0.1) is 0 Å². The summed E-state index contributed by atoms with van der Waals surface area (Å²) >= 11 is 0. The van der Waals surface area contributed by atoms with Gasteiger partial charge in [-0.1, -0.05) is 0 Å². The average Bonchev–Trinajstić information content (AvgIpc) is 2.85. The van der Waals surface area contributed by atoms with Gasteiger partial charge in [-0.05, 0) is 13.8 Å². The summed E-state index contributed by atoms with van der Waals surface area (Å²) < 4.78 is 16.2. The van der Waals surface area contributed by atoms with Crippen LogP contribution in [-0.2, 0) is 14.2 Å². The first kappa shape index (κ1) is 9.44. The van der Waals surface area contributed by atoms with E-state index in [-0.39, 0.29) is 5.60 Å². The molecule has 2 aliphatic rings. The molecule has 0 N–H and O–H groups in total. The second-order valence-electron chi connectivity index (χ2n) is 4.20. The summed E-state index contributed by atoms with van der Waals surface area (Å²) in [5.41, 5.74) is -0.0307. The molecule has 0 saturated carbocycles. The Morgan fingerprint density at radius 2 is 1.69 bits per heavy atom. The van der Waals surface area contributed by atoms with Crippen molar-refractivity contribution in [3.05, 3.63) is 0 Å². The van der Waals surface area contributed by atoms with Gasteiger partial charge in [0.15, 0.2) is 0 Å². The first-order chi connectivity index (χ1) is 6.22. The Hall–Kier alpha value is -0.120. The van der Waals surface area contributed by atoms with Crippen LogP contribution in [0.3, 0.4) is 0 Å². The third-order valence-corrected chi connectivity index (χ3v) is 2.62. The lowest BCUT2D eigenvalue weighted by Gasteiger charge is -2.28. The zero-order valence-electron chi connectivity index (χ0n) is 8.41. The maximum atomic E-state index is 5.77. The van der Waals surface area contributed by atoms with Gasteiger partial charge in [-0.25, -0.2) is 0 Å². The van der Waals surface area contributed by atoms with Crippen LogP contribution in [-0.4, -0.2) is 37.6 Å². The maximum Gasteiger partial charge on any atom is 0.0837 e. The number of ether oxygens (including phenoxy) is 3. The predicted octanol–water partition coefficient (Wildman–Crippen LogP) is 1.36. The molecule has 0 aromatic carbocycles. The maximum absolute atomic E-state index is 5.77. The Kier molecular flexibility index (Phi) is 2.58. The van der Waals surface area contributed by atoms with E-state index in [2.05, 4.69) is 6.92 Å². The van der Waals surface area contributed by atoms with Gasteiger partial charge in [-0.3, -0.25) is 0 Å². The quantitative estimate of drug-likeness (QED) is 0.587. The van der Waals surface area contributed by atoms with Crippen molar-refractivity contribution in [2.45, 2.75) is 44.5 Å². The van der Waals surface area contributed by atoms with Gasteiger partial charge in [0, 0.05) is 19.4 Å². The Balaban J connectivity index is 1.82. The highest BCUT2D eigenvalue weighted by molar-refractivity contribution is 4.89. The predicted molar refractivity (Wildman–Crippen MR) is 48.7 cm³/mol. The fourth-order valence-corrected chi connectivity index (χ4v) is 1.88. The van der Waals surface area contributed by atoms with Crippen molar-refractivity contribution in [1.82, 2.24) is 0 Å².